The minimum atomic E-state index is -2.17. The smallest absolute Gasteiger partial charge is 0.327 e. The Balaban J connectivity index is 1.68. The summed E-state index contributed by atoms with van der Waals surface area (Å²) in [6, 6.07) is 8.90. The van der Waals surface area contributed by atoms with Crippen molar-refractivity contribution in [2.45, 2.75) is 64.3 Å². The van der Waals surface area contributed by atoms with Gasteiger partial charge in [-0.25, -0.2) is 19.5 Å². The normalized spacial score (nSPS) is 22.8. The minimum absolute atomic E-state index is 0.00639. The number of ether oxygens (including phenoxy) is 1. The molecule has 4 rings (SSSR count). The first-order chi connectivity index (χ1) is 17.0. The molecule has 12 heteroatoms. The van der Waals surface area contributed by atoms with Crippen LogP contribution < -0.4 is 5.32 Å². The molecular weight excluding hydrogens is 497 g/mol. The molecule has 1 saturated heterocycles. The van der Waals surface area contributed by atoms with Crippen LogP contribution in [-0.2, 0) is 18.3 Å². The number of fused-ring (bicyclic) bond motifs is 1. The third-order valence-corrected chi connectivity index (χ3v) is 11.9. The maximum Gasteiger partial charge on any atom is 0.327 e. The summed E-state index contributed by atoms with van der Waals surface area (Å²) in [5.41, 5.74) is 1.47. The number of amides is 1. The molecule has 36 heavy (non-hydrogen) atoms. The highest BCUT2D eigenvalue weighted by Gasteiger charge is 2.49. The van der Waals surface area contributed by atoms with Crippen LogP contribution >= 0.6 is 8.69 Å². The van der Waals surface area contributed by atoms with E-state index in [1.165, 1.54) is 6.33 Å². The molecule has 2 aromatic heterocycles. The molecule has 0 spiro atoms. The van der Waals surface area contributed by atoms with E-state index in [9.17, 15) is 9.36 Å². The van der Waals surface area contributed by atoms with E-state index >= 15 is 0 Å². The number of carbonyl (C=O) groups excluding carboxylic acids is 1. The lowest BCUT2D eigenvalue weighted by Gasteiger charge is -2.40. The zero-order valence-electron chi connectivity index (χ0n) is 21.3. The van der Waals surface area contributed by atoms with Gasteiger partial charge in [0.25, 0.3) is 5.91 Å². The van der Waals surface area contributed by atoms with Crippen LogP contribution in [0.1, 0.15) is 44.3 Å². The lowest BCUT2D eigenvalue weighted by atomic mass is 10.0. The van der Waals surface area contributed by atoms with Gasteiger partial charge in [0.05, 0.1) is 25.1 Å². The third kappa shape index (κ3) is 5.26. The van der Waals surface area contributed by atoms with Crippen molar-refractivity contribution in [3.8, 4) is 0 Å². The Kier molecular flexibility index (Phi) is 7.68. The molecule has 4 atom stereocenters. The van der Waals surface area contributed by atoms with E-state index in [-0.39, 0.29) is 35.7 Å². The predicted molar refractivity (Wildman–Crippen MR) is 138 cm³/mol. The van der Waals surface area contributed by atoms with Gasteiger partial charge in [-0.3, -0.25) is 13.9 Å². The van der Waals surface area contributed by atoms with E-state index < -0.39 is 23.2 Å². The summed E-state index contributed by atoms with van der Waals surface area (Å²) in [5.74, 6) is -0.0167. The topological polar surface area (TPSA) is 117 Å². The summed E-state index contributed by atoms with van der Waals surface area (Å²) >= 11 is 0. The fraction of sp³-hybridized carbons (Fsp3) is 0.500. The van der Waals surface area contributed by atoms with Gasteiger partial charge in [0.15, 0.2) is 31.5 Å². The van der Waals surface area contributed by atoms with Crippen molar-refractivity contribution in [2.75, 3.05) is 11.9 Å². The molecule has 1 aliphatic rings. The summed E-state index contributed by atoms with van der Waals surface area (Å²) in [7, 11) is -2.57. The summed E-state index contributed by atoms with van der Waals surface area (Å²) in [6.07, 6.45) is 1.84. The van der Waals surface area contributed by atoms with Crippen molar-refractivity contribution in [3.63, 3.8) is 0 Å². The van der Waals surface area contributed by atoms with Gasteiger partial charge in [-0.05, 0) is 30.3 Å². The summed E-state index contributed by atoms with van der Waals surface area (Å²) in [5, 5.41) is 2.83. The van der Waals surface area contributed by atoms with Crippen LogP contribution in [0.25, 0.3) is 11.2 Å². The van der Waals surface area contributed by atoms with Gasteiger partial charge in [-0.15, -0.1) is 0 Å². The highest BCUT2D eigenvalue weighted by Crippen LogP contribution is 2.44. The highest BCUT2D eigenvalue weighted by atomic mass is 31.1. The average Bonchev–Trinajstić information content (AvgIpc) is 3.39. The van der Waals surface area contributed by atoms with Crippen LogP contribution in [0, 0.1) is 5.92 Å². The largest absolute Gasteiger partial charge is 0.409 e. The highest BCUT2D eigenvalue weighted by molar-refractivity contribution is 7.17. The lowest BCUT2D eigenvalue weighted by molar-refractivity contribution is -0.0423. The summed E-state index contributed by atoms with van der Waals surface area (Å²) < 4.78 is 31.1. The number of aromatic nitrogens is 4. The van der Waals surface area contributed by atoms with Crippen molar-refractivity contribution in [3.05, 3.63) is 48.5 Å². The zero-order chi connectivity index (χ0) is 26.1. The Morgan fingerprint density at radius 2 is 1.92 bits per heavy atom. The van der Waals surface area contributed by atoms with Crippen molar-refractivity contribution in [2.24, 2.45) is 5.92 Å². The lowest BCUT2D eigenvalue weighted by Crippen LogP contribution is -2.46. The van der Waals surface area contributed by atoms with Crippen molar-refractivity contribution in [1.82, 2.24) is 19.5 Å². The Labute approximate surface area is 213 Å². The molecule has 192 valence electrons. The van der Waals surface area contributed by atoms with Gasteiger partial charge in [-0.1, -0.05) is 45.9 Å². The second-order valence-electron chi connectivity index (χ2n) is 10.5. The molecule has 0 saturated carbocycles. The number of anilines is 1. The molecule has 1 fully saturated rings. The fourth-order valence-electron chi connectivity index (χ4n) is 3.95. The zero-order valence-corrected chi connectivity index (χ0v) is 23.2. The van der Waals surface area contributed by atoms with E-state index in [4.69, 9.17) is 13.7 Å². The second kappa shape index (κ2) is 10.4. The van der Waals surface area contributed by atoms with Crippen molar-refractivity contribution < 1.29 is 23.0 Å². The number of hydrogen-bond acceptors (Lipinski definition) is 8. The molecule has 3 aromatic rings. The maximum absolute atomic E-state index is 12.7. The molecule has 3 heterocycles. The van der Waals surface area contributed by atoms with Crippen molar-refractivity contribution >= 4 is 39.9 Å². The Bertz CT molecular complexity index is 1230. The Hall–Kier alpha value is -2.56. The van der Waals surface area contributed by atoms with E-state index in [1.807, 2.05) is 17.6 Å². The van der Waals surface area contributed by atoms with Crippen LogP contribution in [0.15, 0.2) is 43.0 Å². The standard InChI is InChI=1S/C24H32N5O5PSi/c1-15-17(12-32-35-31)33-23(19(15)34-36(5,6)24(2,3)4)29-14-27-18-20(25-13-26-21(18)29)28-22(30)16-10-8-7-9-11-16/h7-11,13-15,17,19,23H,12H2,1-6H3,(H,25,26,28,30)/t15-,17-,19-,23-/m1/s1. The first-order valence-corrected chi connectivity index (χ1v) is 15.5. The molecule has 1 N–H and O–H groups in total. The molecule has 0 unspecified atom stereocenters. The number of hydrogen-bond donors (Lipinski definition) is 1. The first kappa shape index (κ1) is 26.5. The fourth-order valence-corrected chi connectivity index (χ4v) is 5.52. The van der Waals surface area contributed by atoms with Gasteiger partial charge >= 0.3 is 8.69 Å². The summed E-state index contributed by atoms with van der Waals surface area (Å²) in [6.45, 7) is 13.2. The third-order valence-electron chi connectivity index (χ3n) is 7.13. The van der Waals surface area contributed by atoms with Crippen LogP contribution in [0.3, 0.4) is 0 Å². The molecule has 1 aromatic carbocycles. The monoisotopic (exact) mass is 529 g/mol. The number of rotatable bonds is 8. The average molecular weight is 530 g/mol. The van der Waals surface area contributed by atoms with Gasteiger partial charge in [-0.2, -0.15) is 0 Å². The Morgan fingerprint density at radius 3 is 2.58 bits per heavy atom. The molecule has 10 nitrogen and oxygen atoms in total. The molecule has 1 amide bonds. The number of nitrogens with one attached hydrogen (secondary N) is 1. The summed E-state index contributed by atoms with van der Waals surface area (Å²) in [4.78, 5) is 25.9. The van der Waals surface area contributed by atoms with Gasteiger partial charge in [0.2, 0.25) is 0 Å². The minimum Gasteiger partial charge on any atom is -0.409 e. The van der Waals surface area contributed by atoms with Gasteiger partial charge in [0.1, 0.15) is 6.33 Å². The Morgan fingerprint density at radius 1 is 1.19 bits per heavy atom. The predicted octanol–water partition coefficient (Wildman–Crippen LogP) is 5.23. The second-order valence-corrected chi connectivity index (χ2v) is 15.7. The van der Waals surface area contributed by atoms with E-state index in [0.717, 1.165) is 0 Å². The number of nitrogens with zero attached hydrogens (tertiary/aromatic N) is 4. The first-order valence-electron chi connectivity index (χ1n) is 11.9. The number of imidazole rings is 1. The van der Waals surface area contributed by atoms with Crippen molar-refractivity contribution in [1.29, 1.82) is 0 Å². The molecule has 0 bridgehead atoms. The van der Waals surface area contributed by atoms with E-state index in [0.29, 0.717) is 22.5 Å². The van der Waals surface area contributed by atoms with Crippen LogP contribution in [-0.4, -0.2) is 52.6 Å². The SMILES string of the molecule is C[C@H]1[C@@H](O[Si](C)(C)C(C)(C)C)[C@H](n2cnc3c(NC(=O)c4ccccc4)ncnc32)O[C@@H]1COP=O. The quantitative estimate of drug-likeness (QED) is 0.312. The van der Waals surface area contributed by atoms with E-state index in [1.54, 1.807) is 30.6 Å². The van der Waals surface area contributed by atoms with Crippen LogP contribution in [0.2, 0.25) is 18.1 Å². The van der Waals surface area contributed by atoms with E-state index in [2.05, 4.69) is 54.1 Å². The maximum atomic E-state index is 12.7. The molecule has 1 aliphatic heterocycles. The van der Waals surface area contributed by atoms with Gasteiger partial charge < -0.3 is 14.5 Å². The van der Waals surface area contributed by atoms with Crippen LogP contribution in [0.5, 0.6) is 0 Å². The molecular formula is C24H32N5O5PSi. The number of carbonyl (C=O) groups is 1. The van der Waals surface area contributed by atoms with Crippen LogP contribution in [0.4, 0.5) is 5.82 Å². The van der Waals surface area contributed by atoms with Gasteiger partial charge in [0, 0.05) is 11.5 Å². The number of benzene rings is 1. The molecule has 0 aliphatic carbocycles. The molecule has 0 radical (unpaired) electrons.